The fraction of sp³-hybridized carbons (Fsp3) is 0.471. The van der Waals surface area contributed by atoms with E-state index in [2.05, 4.69) is 196 Å². The van der Waals surface area contributed by atoms with E-state index in [1.165, 1.54) is 56.1 Å². The Labute approximate surface area is 463 Å². The average molecular weight is 1040 g/mol. The van der Waals surface area contributed by atoms with Crippen molar-refractivity contribution in [3.63, 3.8) is 0 Å². The van der Waals surface area contributed by atoms with Crippen LogP contribution >= 0.6 is 0 Å². The lowest BCUT2D eigenvalue weighted by Crippen LogP contribution is -2.36. The number of hydrogen-bond acceptors (Lipinski definition) is 7. The molecule has 1 heterocycles. The molecule has 0 saturated heterocycles. The van der Waals surface area contributed by atoms with Crippen molar-refractivity contribution in [2.75, 3.05) is 24.6 Å². The van der Waals surface area contributed by atoms with E-state index in [1.54, 1.807) is 0 Å². The van der Waals surface area contributed by atoms with Crippen molar-refractivity contribution in [2.45, 2.75) is 189 Å². The second-order valence-corrected chi connectivity index (χ2v) is 24.6. The predicted octanol–water partition coefficient (Wildman–Crippen LogP) is 17.3. The van der Waals surface area contributed by atoms with Gasteiger partial charge in [-0.05, 0) is 175 Å². The summed E-state index contributed by atoms with van der Waals surface area (Å²) in [5.74, 6) is 0.287. The number of ether oxygens (including phenoxy) is 1. The standard InChI is InChI=1S/C70H90N4O3/c1-13-15-42-73(66-47(3)22-19-23-48(66)4)55-34-30-52(31-35-55)64(53-32-36-56(37-33-53)74(43-16-14-2)67-49(5)24-20-25-50(67)6)57-38-39-62(65-58(57)27-21-41-71-65)72-61-28-18-17-26-54(61)46-77-63(75)40-29-51-44-59(69(7,8)9)68(76)60(45-51)70(10,11)12/h19,21-24,27,30-36,38-39,41,44-45,54,56,61,76H,13-18,20,25-26,28-29,37,40,42-43,46H2,1-12H3. The minimum absolute atomic E-state index is 0.00917. The van der Waals surface area contributed by atoms with Crippen molar-refractivity contribution in [2.24, 2.45) is 10.9 Å². The molecule has 1 saturated carbocycles. The number of aliphatic imine (C=N–C) groups is 1. The number of hydrogen-bond donors (Lipinski definition) is 1. The lowest BCUT2D eigenvalue weighted by Gasteiger charge is -2.38. The van der Waals surface area contributed by atoms with Crippen LogP contribution in [0.2, 0.25) is 0 Å². The molecule has 0 bridgehead atoms. The number of carbonyl (C=O) groups is 1. The summed E-state index contributed by atoms with van der Waals surface area (Å²) in [6.45, 7) is 28.7. The average Bonchev–Trinajstić information content (AvgIpc) is 3.42. The second kappa shape index (κ2) is 25.1. The van der Waals surface area contributed by atoms with Crippen LogP contribution in [0.1, 0.15) is 191 Å². The molecule has 1 fully saturated rings. The van der Waals surface area contributed by atoms with Crippen LogP contribution in [0, 0.1) is 19.8 Å². The fourth-order valence-electron chi connectivity index (χ4n) is 12.2. The Morgan fingerprint density at radius 3 is 2.16 bits per heavy atom. The van der Waals surface area contributed by atoms with Gasteiger partial charge in [0.25, 0.3) is 0 Å². The van der Waals surface area contributed by atoms with Crippen LogP contribution in [-0.4, -0.2) is 58.5 Å². The van der Waals surface area contributed by atoms with Gasteiger partial charge in [0.2, 0.25) is 0 Å². The first-order valence-electron chi connectivity index (χ1n) is 29.3. The summed E-state index contributed by atoms with van der Waals surface area (Å²) in [6, 6.07) is 24.6. The zero-order valence-corrected chi connectivity index (χ0v) is 49.0. The van der Waals surface area contributed by atoms with E-state index in [1.807, 2.05) is 6.20 Å². The van der Waals surface area contributed by atoms with Gasteiger partial charge in [-0.25, -0.2) is 0 Å². The van der Waals surface area contributed by atoms with Crippen molar-refractivity contribution < 1.29 is 14.6 Å². The number of para-hydroxylation sites is 1. The number of aryl methyl sites for hydroxylation is 3. The molecule has 408 valence electrons. The van der Waals surface area contributed by atoms with Gasteiger partial charge in [-0.3, -0.25) is 14.8 Å². The Hall–Kier alpha value is -6.21. The highest BCUT2D eigenvalue weighted by molar-refractivity contribution is 6.18. The topological polar surface area (TPSA) is 78.3 Å². The number of carbonyl (C=O) groups excluding carboxylic acids is 1. The third-order valence-electron chi connectivity index (χ3n) is 16.5. The number of anilines is 2. The maximum Gasteiger partial charge on any atom is 0.306 e. The van der Waals surface area contributed by atoms with Crippen molar-refractivity contribution in [3.05, 3.63) is 176 Å². The fourth-order valence-corrected chi connectivity index (χ4v) is 12.2. The van der Waals surface area contributed by atoms with Crippen LogP contribution in [0.3, 0.4) is 0 Å². The summed E-state index contributed by atoms with van der Waals surface area (Å²) < 4.78 is 6.12. The second-order valence-electron chi connectivity index (χ2n) is 24.6. The van der Waals surface area contributed by atoms with Gasteiger partial charge >= 0.3 is 5.97 Å². The highest BCUT2D eigenvalue weighted by Gasteiger charge is 2.31. The molecule has 1 N–H and O–H groups in total. The molecule has 7 nitrogen and oxygen atoms in total. The highest BCUT2D eigenvalue weighted by Crippen LogP contribution is 2.43. The third kappa shape index (κ3) is 13.4. The molecule has 3 unspecified atom stereocenters. The van der Waals surface area contributed by atoms with Crippen LogP contribution < -0.4 is 4.90 Å². The van der Waals surface area contributed by atoms with E-state index in [-0.39, 0.29) is 41.2 Å². The Kier molecular flexibility index (Phi) is 18.5. The van der Waals surface area contributed by atoms with E-state index < -0.39 is 0 Å². The van der Waals surface area contributed by atoms with E-state index in [9.17, 15) is 9.90 Å². The molecule has 4 aromatic rings. The number of aromatic nitrogens is 1. The Morgan fingerprint density at radius 2 is 1.51 bits per heavy atom. The zero-order valence-electron chi connectivity index (χ0n) is 49.0. The Morgan fingerprint density at radius 1 is 0.818 bits per heavy atom. The first kappa shape index (κ1) is 57.0. The van der Waals surface area contributed by atoms with Crippen LogP contribution in [0.25, 0.3) is 11.1 Å². The number of benzene rings is 3. The monoisotopic (exact) mass is 1030 g/mol. The van der Waals surface area contributed by atoms with Crippen LogP contribution in [0.5, 0.6) is 5.75 Å². The molecule has 4 aliphatic rings. The van der Waals surface area contributed by atoms with Crippen molar-refractivity contribution in [1.29, 1.82) is 0 Å². The number of fused-ring (bicyclic) bond motifs is 1. The number of aromatic hydroxyl groups is 1. The largest absolute Gasteiger partial charge is 0.507 e. The van der Waals surface area contributed by atoms with Gasteiger partial charge in [0.1, 0.15) is 5.75 Å². The number of pyridine rings is 1. The third-order valence-corrected chi connectivity index (χ3v) is 16.5. The molecular formula is C70H90N4O3. The number of esters is 1. The number of nitrogens with zero attached hydrogens (tertiary/aromatic N) is 4. The van der Waals surface area contributed by atoms with Gasteiger partial charge in [0, 0.05) is 54.3 Å². The van der Waals surface area contributed by atoms with Crippen LogP contribution in [0.4, 0.5) is 11.4 Å². The number of phenolic OH excluding ortho intramolecular Hbond substituents is 1. The van der Waals surface area contributed by atoms with Gasteiger partial charge < -0.3 is 19.6 Å². The SMILES string of the molecule is CCCCN(c1ccc(C(C2=CCC(N(CCCC)C3=C(C)CCC=C3C)C=C2)=C2C=CC(=NC3CCCCC3COC(=O)CCc3cc(C(C)(C)C)c(O)c(C(C)(C)C)c3)c3ncccc32)cc1)c1c(C)cccc1C. The Balaban J connectivity index is 1.10. The first-order chi connectivity index (χ1) is 36.9. The summed E-state index contributed by atoms with van der Waals surface area (Å²) >= 11 is 0. The van der Waals surface area contributed by atoms with Crippen molar-refractivity contribution >= 4 is 34.2 Å². The maximum atomic E-state index is 13.5. The quantitative estimate of drug-likeness (QED) is 0.100. The zero-order chi connectivity index (χ0) is 55.0. The summed E-state index contributed by atoms with van der Waals surface area (Å²) in [6.07, 6.45) is 28.8. The van der Waals surface area contributed by atoms with Crippen molar-refractivity contribution in [1.82, 2.24) is 9.88 Å². The van der Waals surface area contributed by atoms with Crippen molar-refractivity contribution in [3.8, 4) is 5.75 Å². The molecule has 4 aliphatic carbocycles. The number of allylic oxidation sites excluding steroid dienone is 9. The highest BCUT2D eigenvalue weighted by atomic mass is 16.5. The first-order valence-corrected chi connectivity index (χ1v) is 29.3. The molecule has 0 radical (unpaired) electrons. The van der Waals surface area contributed by atoms with Crippen LogP contribution in [0.15, 0.2) is 137 Å². The number of rotatable bonds is 18. The molecule has 3 aromatic carbocycles. The molecular weight excluding hydrogens is 945 g/mol. The van der Waals surface area contributed by atoms with Gasteiger partial charge in [0.15, 0.2) is 0 Å². The van der Waals surface area contributed by atoms with E-state index in [0.717, 1.165) is 123 Å². The van der Waals surface area contributed by atoms with E-state index in [4.69, 9.17) is 14.7 Å². The molecule has 3 atom stereocenters. The lowest BCUT2D eigenvalue weighted by atomic mass is 9.78. The Bertz CT molecular complexity index is 2930. The molecule has 0 spiro atoms. The summed E-state index contributed by atoms with van der Waals surface area (Å²) in [7, 11) is 0. The maximum absolute atomic E-state index is 13.5. The number of phenols is 1. The molecule has 8 rings (SSSR count). The number of unbranched alkanes of at least 4 members (excludes halogenated alkanes) is 2. The van der Waals surface area contributed by atoms with Gasteiger partial charge in [0.05, 0.1) is 30.1 Å². The molecule has 7 heteroatoms. The predicted molar refractivity (Wildman–Crippen MR) is 324 cm³/mol. The minimum atomic E-state index is -0.236. The summed E-state index contributed by atoms with van der Waals surface area (Å²) in [5, 5.41) is 11.3. The van der Waals surface area contributed by atoms with Gasteiger partial charge in [-0.1, -0.05) is 160 Å². The molecule has 77 heavy (non-hydrogen) atoms. The van der Waals surface area contributed by atoms with E-state index >= 15 is 0 Å². The lowest BCUT2D eigenvalue weighted by molar-refractivity contribution is -0.145. The molecule has 0 amide bonds. The smallest absolute Gasteiger partial charge is 0.306 e. The normalized spacial score (nSPS) is 19.9. The summed E-state index contributed by atoms with van der Waals surface area (Å²) in [4.78, 5) is 29.4. The van der Waals surface area contributed by atoms with Gasteiger partial charge in [-0.2, -0.15) is 0 Å². The van der Waals surface area contributed by atoms with Crippen LogP contribution in [-0.2, 0) is 26.8 Å². The molecule has 1 aromatic heterocycles. The van der Waals surface area contributed by atoms with E-state index in [0.29, 0.717) is 18.8 Å². The van der Waals surface area contributed by atoms with Gasteiger partial charge in [-0.15, -0.1) is 0 Å². The summed E-state index contributed by atoms with van der Waals surface area (Å²) in [5.41, 5.74) is 19.4. The minimum Gasteiger partial charge on any atom is -0.507 e. The molecule has 0 aliphatic heterocycles.